The molecule has 5 aromatic rings. The van der Waals surface area contributed by atoms with Gasteiger partial charge in [-0.1, -0.05) is 65.7 Å². The number of fused-ring (bicyclic) bond motifs is 2. The molecule has 6 heteroatoms. The summed E-state index contributed by atoms with van der Waals surface area (Å²) in [5.74, 6) is 2.22. The highest BCUT2D eigenvalue weighted by molar-refractivity contribution is 6.35. The molecule has 0 atom stereocenters. The Morgan fingerprint density at radius 3 is 2.47 bits per heavy atom. The minimum atomic E-state index is 0.284. The molecule has 0 radical (unpaired) electrons. The molecule has 160 valence electrons. The van der Waals surface area contributed by atoms with Gasteiger partial charge in [-0.15, -0.1) is 0 Å². The van der Waals surface area contributed by atoms with Crippen molar-refractivity contribution in [2.45, 2.75) is 13.2 Å². The largest absolute Gasteiger partial charge is 0.492 e. The van der Waals surface area contributed by atoms with Crippen LogP contribution in [-0.4, -0.2) is 16.2 Å². The number of nitrogens with zero attached hydrogens (tertiary/aromatic N) is 2. The molecule has 4 aromatic carbocycles. The molecule has 0 unspecified atom stereocenters. The quantitative estimate of drug-likeness (QED) is 0.257. The summed E-state index contributed by atoms with van der Waals surface area (Å²) < 4.78 is 14.1. The van der Waals surface area contributed by atoms with Crippen LogP contribution in [0.5, 0.6) is 11.5 Å². The smallest absolute Gasteiger partial charge is 0.148 e. The van der Waals surface area contributed by atoms with E-state index in [1.54, 1.807) is 18.2 Å². The number of ether oxygens (including phenoxy) is 2. The summed E-state index contributed by atoms with van der Waals surface area (Å²) in [5.41, 5.74) is 1.95. The number of halogens is 2. The van der Waals surface area contributed by atoms with Gasteiger partial charge in [-0.05, 0) is 53.2 Å². The molecule has 0 spiro atoms. The van der Waals surface area contributed by atoms with Crippen molar-refractivity contribution in [1.29, 1.82) is 0 Å². The van der Waals surface area contributed by atoms with E-state index in [1.165, 1.54) is 5.39 Å². The predicted molar refractivity (Wildman–Crippen MR) is 130 cm³/mol. The molecule has 0 N–H and O–H groups in total. The fraction of sp³-hybridized carbons (Fsp3) is 0.115. The van der Waals surface area contributed by atoms with E-state index >= 15 is 0 Å². The maximum atomic E-state index is 6.25. The van der Waals surface area contributed by atoms with Crippen LogP contribution in [-0.2, 0) is 13.2 Å². The predicted octanol–water partition coefficient (Wildman–Crippen LogP) is 7.15. The Bertz CT molecular complexity index is 1400. The standard InChI is InChI=1S/C26H20Cl2N2O2/c27-20-10-12-25(22(28)16-20)32-17-26-29-23-7-3-4-8-24(23)30(26)13-14-31-21-11-9-18-5-1-2-6-19(18)15-21/h1-12,15-16H,13-14,17H2. The molecule has 0 amide bonds. The second kappa shape index (κ2) is 9.11. The van der Waals surface area contributed by atoms with E-state index in [-0.39, 0.29) is 6.61 Å². The third kappa shape index (κ3) is 4.38. The van der Waals surface area contributed by atoms with Crippen LogP contribution in [0.15, 0.2) is 84.9 Å². The first-order valence-electron chi connectivity index (χ1n) is 10.3. The van der Waals surface area contributed by atoms with Crippen LogP contribution in [0.2, 0.25) is 10.0 Å². The molecule has 5 rings (SSSR count). The van der Waals surface area contributed by atoms with Gasteiger partial charge in [0, 0.05) is 5.02 Å². The Hall–Kier alpha value is -3.21. The zero-order valence-electron chi connectivity index (χ0n) is 17.2. The van der Waals surface area contributed by atoms with Crippen LogP contribution in [0.4, 0.5) is 0 Å². The first-order chi connectivity index (χ1) is 15.7. The molecule has 0 bridgehead atoms. The first-order valence-corrected chi connectivity index (χ1v) is 11.1. The van der Waals surface area contributed by atoms with E-state index in [4.69, 9.17) is 37.7 Å². The van der Waals surface area contributed by atoms with Gasteiger partial charge < -0.3 is 14.0 Å². The summed E-state index contributed by atoms with van der Waals surface area (Å²) in [6.07, 6.45) is 0. The molecular formula is C26H20Cl2N2O2. The molecule has 0 saturated heterocycles. The van der Waals surface area contributed by atoms with Gasteiger partial charge in [0.2, 0.25) is 0 Å². The molecule has 0 fully saturated rings. The lowest BCUT2D eigenvalue weighted by atomic mass is 10.1. The zero-order chi connectivity index (χ0) is 21.9. The van der Waals surface area contributed by atoms with Gasteiger partial charge in [-0.25, -0.2) is 4.98 Å². The number of rotatable bonds is 7. The number of para-hydroxylation sites is 2. The van der Waals surface area contributed by atoms with Gasteiger partial charge in [0.15, 0.2) is 0 Å². The summed E-state index contributed by atoms with van der Waals surface area (Å²) in [6, 6.07) is 27.6. The Morgan fingerprint density at radius 2 is 1.59 bits per heavy atom. The monoisotopic (exact) mass is 462 g/mol. The second-order valence-corrected chi connectivity index (χ2v) is 8.23. The molecule has 1 heterocycles. The van der Waals surface area contributed by atoms with Gasteiger partial charge in [-0.2, -0.15) is 0 Å². The topological polar surface area (TPSA) is 36.3 Å². The third-order valence-electron chi connectivity index (χ3n) is 5.29. The number of hydrogen-bond donors (Lipinski definition) is 0. The van der Waals surface area contributed by atoms with Crippen LogP contribution in [0.3, 0.4) is 0 Å². The van der Waals surface area contributed by atoms with Crippen molar-refractivity contribution >= 4 is 45.0 Å². The normalized spacial score (nSPS) is 11.2. The highest BCUT2D eigenvalue weighted by atomic mass is 35.5. The van der Waals surface area contributed by atoms with Crippen molar-refractivity contribution in [3.8, 4) is 11.5 Å². The lowest BCUT2D eigenvalue weighted by molar-refractivity contribution is 0.272. The van der Waals surface area contributed by atoms with Crippen LogP contribution >= 0.6 is 23.2 Å². The summed E-state index contributed by atoms with van der Waals surface area (Å²) in [4.78, 5) is 4.75. The minimum absolute atomic E-state index is 0.284. The van der Waals surface area contributed by atoms with Crippen molar-refractivity contribution in [2.24, 2.45) is 0 Å². The van der Waals surface area contributed by atoms with Crippen LogP contribution in [0.1, 0.15) is 5.82 Å². The lowest BCUT2D eigenvalue weighted by Crippen LogP contribution is -2.13. The van der Waals surface area contributed by atoms with Gasteiger partial charge in [-0.3, -0.25) is 0 Å². The first kappa shape index (κ1) is 20.7. The molecule has 0 aliphatic heterocycles. The summed E-state index contributed by atoms with van der Waals surface area (Å²) in [6.45, 7) is 1.43. The maximum Gasteiger partial charge on any atom is 0.148 e. The van der Waals surface area contributed by atoms with Gasteiger partial charge in [0.1, 0.15) is 30.5 Å². The van der Waals surface area contributed by atoms with E-state index in [1.807, 2.05) is 36.4 Å². The van der Waals surface area contributed by atoms with E-state index in [9.17, 15) is 0 Å². The second-order valence-electron chi connectivity index (χ2n) is 7.39. The molecular weight excluding hydrogens is 443 g/mol. The average molecular weight is 463 g/mol. The highest BCUT2D eigenvalue weighted by Crippen LogP contribution is 2.28. The SMILES string of the molecule is Clc1ccc(OCc2nc3ccccc3n2CCOc2ccc3ccccc3c2)c(Cl)c1. The van der Waals surface area contributed by atoms with Gasteiger partial charge >= 0.3 is 0 Å². The van der Waals surface area contributed by atoms with E-state index in [0.717, 1.165) is 28.0 Å². The van der Waals surface area contributed by atoms with E-state index < -0.39 is 0 Å². The summed E-state index contributed by atoms with van der Waals surface area (Å²) >= 11 is 12.2. The third-order valence-corrected chi connectivity index (χ3v) is 5.82. The van der Waals surface area contributed by atoms with Crippen LogP contribution < -0.4 is 9.47 Å². The molecule has 1 aromatic heterocycles. The molecule has 4 nitrogen and oxygen atoms in total. The van der Waals surface area contributed by atoms with Crippen molar-refractivity contribution < 1.29 is 9.47 Å². The average Bonchev–Trinajstić information content (AvgIpc) is 3.16. The molecule has 0 saturated carbocycles. The Kier molecular flexibility index (Phi) is 5.89. The number of aromatic nitrogens is 2. The zero-order valence-corrected chi connectivity index (χ0v) is 18.7. The summed E-state index contributed by atoms with van der Waals surface area (Å²) in [5, 5.41) is 3.40. The number of imidazole rings is 1. The van der Waals surface area contributed by atoms with Crippen molar-refractivity contribution in [3.05, 3.63) is 101 Å². The fourth-order valence-corrected chi connectivity index (χ4v) is 4.19. The minimum Gasteiger partial charge on any atom is -0.492 e. The number of benzene rings is 4. The molecule has 0 aliphatic rings. The Morgan fingerprint density at radius 1 is 0.781 bits per heavy atom. The van der Waals surface area contributed by atoms with Crippen molar-refractivity contribution in [1.82, 2.24) is 9.55 Å². The van der Waals surface area contributed by atoms with E-state index in [0.29, 0.717) is 28.9 Å². The lowest BCUT2D eigenvalue weighted by Gasteiger charge is -2.13. The van der Waals surface area contributed by atoms with Gasteiger partial charge in [0.25, 0.3) is 0 Å². The van der Waals surface area contributed by atoms with Crippen LogP contribution in [0.25, 0.3) is 21.8 Å². The van der Waals surface area contributed by atoms with Crippen molar-refractivity contribution in [3.63, 3.8) is 0 Å². The molecule has 32 heavy (non-hydrogen) atoms. The Labute approximate surface area is 195 Å². The molecule has 0 aliphatic carbocycles. The highest BCUT2D eigenvalue weighted by Gasteiger charge is 2.12. The number of hydrogen-bond acceptors (Lipinski definition) is 3. The van der Waals surface area contributed by atoms with Gasteiger partial charge in [0.05, 0.1) is 22.6 Å². The van der Waals surface area contributed by atoms with Crippen LogP contribution in [0, 0.1) is 0 Å². The Balaban J connectivity index is 1.33. The van der Waals surface area contributed by atoms with E-state index in [2.05, 4.69) is 34.9 Å². The summed E-state index contributed by atoms with van der Waals surface area (Å²) in [7, 11) is 0. The maximum absolute atomic E-state index is 6.25. The fourth-order valence-electron chi connectivity index (χ4n) is 3.73. The van der Waals surface area contributed by atoms with Crippen molar-refractivity contribution in [2.75, 3.05) is 6.61 Å².